The molecule has 4 heterocycles. The van der Waals surface area contributed by atoms with Gasteiger partial charge < -0.3 is 25.3 Å². The van der Waals surface area contributed by atoms with Crippen molar-refractivity contribution in [1.82, 2.24) is 25.0 Å². The molecule has 2 fully saturated rings. The molecule has 3 aliphatic rings. The van der Waals surface area contributed by atoms with Gasteiger partial charge in [0, 0.05) is 61.6 Å². The van der Waals surface area contributed by atoms with E-state index in [2.05, 4.69) is 15.3 Å². The van der Waals surface area contributed by atoms with Crippen molar-refractivity contribution in [2.45, 2.75) is 31.5 Å². The lowest BCUT2D eigenvalue weighted by Crippen LogP contribution is -2.53. The van der Waals surface area contributed by atoms with Gasteiger partial charge in [-0.25, -0.2) is 19.0 Å². The van der Waals surface area contributed by atoms with Crippen molar-refractivity contribution in [3.8, 4) is 0 Å². The lowest BCUT2D eigenvalue weighted by atomic mass is 9.95. The summed E-state index contributed by atoms with van der Waals surface area (Å²) in [5, 5.41) is 24.7. The van der Waals surface area contributed by atoms with Crippen LogP contribution in [0.25, 0.3) is 0 Å². The van der Waals surface area contributed by atoms with Crippen LogP contribution in [0.3, 0.4) is 0 Å². The molecule has 2 saturated heterocycles. The molecule has 206 valence electrons. The van der Waals surface area contributed by atoms with Crippen molar-refractivity contribution in [3.05, 3.63) is 62.5 Å². The monoisotopic (exact) mass is 576 g/mol. The first kappa shape index (κ1) is 27.0. The molecule has 0 radical (unpaired) electrons. The molecule has 2 amide bonds. The molecule has 0 saturated carbocycles. The van der Waals surface area contributed by atoms with E-state index in [4.69, 9.17) is 16.7 Å². The predicted molar refractivity (Wildman–Crippen MR) is 141 cm³/mol. The largest absolute Gasteiger partial charge is 0.481 e. The van der Waals surface area contributed by atoms with Gasteiger partial charge in [0.1, 0.15) is 11.9 Å². The van der Waals surface area contributed by atoms with Crippen LogP contribution in [-0.2, 0) is 9.59 Å². The molecule has 3 N–H and O–H groups in total. The number of carbonyl (C=O) groups is 3. The highest BCUT2D eigenvalue weighted by molar-refractivity contribution is 7.11. The quantitative estimate of drug-likeness (QED) is 0.436. The summed E-state index contributed by atoms with van der Waals surface area (Å²) >= 11 is 7.60. The molecule has 0 bridgehead atoms. The third-order valence-electron chi connectivity index (χ3n) is 7.12. The lowest BCUT2D eigenvalue weighted by Gasteiger charge is -2.38. The van der Waals surface area contributed by atoms with Crippen LogP contribution in [0, 0.1) is 5.82 Å². The number of hydrogen-bond acceptors (Lipinski definition) is 8. The molecule has 0 aliphatic carbocycles. The van der Waals surface area contributed by atoms with Gasteiger partial charge in [0.2, 0.25) is 0 Å². The summed E-state index contributed by atoms with van der Waals surface area (Å²) in [6, 6.07) is 2.36. The van der Waals surface area contributed by atoms with E-state index in [0.29, 0.717) is 42.7 Å². The summed E-state index contributed by atoms with van der Waals surface area (Å²) in [6.45, 7) is 3.68. The summed E-state index contributed by atoms with van der Waals surface area (Å²) in [7, 11) is 0. The summed E-state index contributed by atoms with van der Waals surface area (Å²) in [4.78, 5) is 50.9. The molecule has 0 unspecified atom stereocenters. The molecule has 1 aromatic carbocycles. The Morgan fingerprint density at radius 1 is 1.28 bits per heavy atom. The number of aromatic nitrogens is 1. The van der Waals surface area contributed by atoms with E-state index in [-0.39, 0.29) is 41.2 Å². The number of amidine groups is 1. The third kappa shape index (κ3) is 5.34. The molecule has 0 spiro atoms. The number of benzene rings is 1. The molecule has 14 heteroatoms. The van der Waals surface area contributed by atoms with E-state index < -0.39 is 29.8 Å². The molecule has 39 heavy (non-hydrogen) atoms. The first-order chi connectivity index (χ1) is 18.6. The van der Waals surface area contributed by atoms with Crippen LogP contribution in [0.2, 0.25) is 5.02 Å². The number of hydrogen-bond donors (Lipinski definition) is 3. The summed E-state index contributed by atoms with van der Waals surface area (Å²) < 4.78 is 14.4. The van der Waals surface area contributed by atoms with E-state index in [1.807, 2.05) is 4.90 Å². The molecular weight excluding hydrogens is 551 g/mol. The zero-order valence-electron chi connectivity index (χ0n) is 20.9. The number of thiazole rings is 1. The Labute approximate surface area is 232 Å². The molecule has 3 aliphatic heterocycles. The second kappa shape index (κ2) is 10.9. The van der Waals surface area contributed by atoms with Gasteiger partial charge in [-0.15, -0.1) is 11.3 Å². The highest BCUT2D eigenvalue weighted by Gasteiger charge is 2.43. The highest BCUT2D eigenvalue weighted by Crippen LogP contribution is 2.37. The molecule has 11 nitrogen and oxygen atoms in total. The Morgan fingerprint density at radius 3 is 2.77 bits per heavy atom. The minimum absolute atomic E-state index is 0.0514. The van der Waals surface area contributed by atoms with Crippen molar-refractivity contribution in [2.75, 3.05) is 32.7 Å². The summed E-state index contributed by atoms with van der Waals surface area (Å²) in [6.07, 6.45) is 1.47. The van der Waals surface area contributed by atoms with Crippen molar-refractivity contribution >= 4 is 46.7 Å². The van der Waals surface area contributed by atoms with Crippen LogP contribution in [0.1, 0.15) is 30.0 Å². The van der Waals surface area contributed by atoms with Gasteiger partial charge in [-0.05, 0) is 13.0 Å². The second-order valence-corrected chi connectivity index (χ2v) is 10.9. The maximum Gasteiger partial charge on any atom is 0.335 e. The van der Waals surface area contributed by atoms with Crippen molar-refractivity contribution < 1.29 is 29.0 Å². The van der Waals surface area contributed by atoms with Gasteiger partial charge in [-0.1, -0.05) is 23.7 Å². The van der Waals surface area contributed by atoms with Crippen LogP contribution in [0.15, 0.2) is 46.0 Å². The van der Waals surface area contributed by atoms with Crippen LogP contribution in [0.5, 0.6) is 0 Å². The maximum absolute atomic E-state index is 14.4. The molecule has 5 rings (SSSR count). The number of aliphatic imine (C=N–C) groups is 1. The Morgan fingerprint density at radius 2 is 2.08 bits per heavy atom. The standard InChI is InChI=1S/C25H26ClFN6O5S/c1-13(9-18(34)35)33-11-14-10-31(6-7-32(14)25(33)38)12-17-19(24(36)37)21(15-3-2-4-16(27)20(15)26)30-22(29-17)23-28-5-8-39-23/h2-5,8,13-14,21H,6-7,9-12H2,1H3,(H,29,30)(H,34,35)(H,36,37)/t13-,14+,21+/m1/s1. The lowest BCUT2D eigenvalue weighted by molar-refractivity contribution is -0.138. The van der Waals surface area contributed by atoms with Crippen LogP contribution >= 0.6 is 22.9 Å². The van der Waals surface area contributed by atoms with Gasteiger partial charge in [-0.3, -0.25) is 14.7 Å². The highest BCUT2D eigenvalue weighted by atomic mass is 35.5. The zero-order valence-corrected chi connectivity index (χ0v) is 22.5. The van der Waals surface area contributed by atoms with Gasteiger partial charge in [0.15, 0.2) is 10.8 Å². The first-order valence-electron chi connectivity index (χ1n) is 12.3. The number of aliphatic carboxylic acids is 2. The van der Waals surface area contributed by atoms with Crippen LogP contribution < -0.4 is 5.32 Å². The number of carboxylic acids is 2. The predicted octanol–water partition coefficient (Wildman–Crippen LogP) is 2.65. The van der Waals surface area contributed by atoms with E-state index >= 15 is 0 Å². The first-order valence-corrected chi connectivity index (χ1v) is 13.6. The average Bonchev–Trinajstić information content (AvgIpc) is 3.53. The minimum Gasteiger partial charge on any atom is -0.481 e. The average molecular weight is 577 g/mol. The number of piperazine rings is 1. The Hall–Kier alpha value is -3.55. The smallest absolute Gasteiger partial charge is 0.335 e. The molecule has 2 aromatic rings. The molecule has 3 atom stereocenters. The minimum atomic E-state index is -1.21. The van der Waals surface area contributed by atoms with E-state index in [9.17, 15) is 23.9 Å². The molecular formula is C25H26ClFN6O5S. The van der Waals surface area contributed by atoms with E-state index in [0.717, 1.165) is 0 Å². The van der Waals surface area contributed by atoms with Crippen LogP contribution in [0.4, 0.5) is 9.18 Å². The third-order valence-corrected chi connectivity index (χ3v) is 8.30. The Bertz CT molecular complexity index is 1370. The van der Waals surface area contributed by atoms with Crippen molar-refractivity contribution in [3.63, 3.8) is 0 Å². The number of halogens is 2. The number of carboxylic acid groups (broad SMARTS) is 2. The maximum atomic E-state index is 14.4. The van der Waals surface area contributed by atoms with E-state index in [1.165, 1.54) is 23.5 Å². The number of nitrogens with zero attached hydrogens (tertiary/aromatic N) is 5. The Kier molecular flexibility index (Phi) is 7.56. The fourth-order valence-electron chi connectivity index (χ4n) is 5.27. The van der Waals surface area contributed by atoms with Crippen molar-refractivity contribution in [2.24, 2.45) is 4.99 Å². The number of amides is 2. The SMILES string of the molecule is C[C@H](CC(=O)O)N1C[C@@H]2CN(CC3=C(C(=O)O)[C@H](c4cccc(F)c4Cl)N=C(c4nccs4)N3)CCN2C1=O. The summed E-state index contributed by atoms with van der Waals surface area (Å²) in [5.74, 6) is -2.50. The van der Waals surface area contributed by atoms with Gasteiger partial charge in [-0.2, -0.15) is 0 Å². The number of carbonyl (C=O) groups excluding carboxylic acids is 1. The fourth-order valence-corrected chi connectivity index (χ4v) is 6.09. The molecule has 1 aromatic heterocycles. The second-order valence-electron chi connectivity index (χ2n) is 9.65. The van der Waals surface area contributed by atoms with Gasteiger partial charge in [0.25, 0.3) is 0 Å². The topological polar surface area (TPSA) is 139 Å². The van der Waals surface area contributed by atoms with Gasteiger partial charge in [0.05, 0.1) is 23.1 Å². The van der Waals surface area contributed by atoms with Gasteiger partial charge >= 0.3 is 18.0 Å². The Balaban J connectivity index is 1.43. The zero-order chi connectivity index (χ0) is 27.8. The van der Waals surface area contributed by atoms with Crippen molar-refractivity contribution in [1.29, 1.82) is 0 Å². The number of urea groups is 1. The van der Waals surface area contributed by atoms with Crippen LogP contribution in [-0.4, -0.2) is 98.5 Å². The number of nitrogens with one attached hydrogen (secondary N) is 1. The normalized spacial score (nSPS) is 22.4. The fraction of sp³-hybridized carbons (Fsp3) is 0.400. The number of rotatable bonds is 8. The summed E-state index contributed by atoms with van der Waals surface area (Å²) in [5.41, 5.74) is 0.558. The van der Waals surface area contributed by atoms with E-state index in [1.54, 1.807) is 34.4 Å². The number of fused-ring (bicyclic) bond motifs is 1.